The highest BCUT2D eigenvalue weighted by Gasteiger charge is 2.13. The van der Waals surface area contributed by atoms with E-state index in [9.17, 15) is 9.59 Å². The molecule has 2 aromatic carbocycles. The summed E-state index contributed by atoms with van der Waals surface area (Å²) in [6.07, 6.45) is 0. The lowest BCUT2D eigenvalue weighted by molar-refractivity contribution is -0.114. The first-order chi connectivity index (χ1) is 10.9. The molecule has 4 nitrogen and oxygen atoms in total. The Balaban J connectivity index is 2.13. The number of hydrogen-bond donors (Lipinski definition) is 2. The number of hydrogen-bond acceptors (Lipinski definition) is 2. The van der Waals surface area contributed by atoms with Gasteiger partial charge in [-0.2, -0.15) is 0 Å². The third kappa shape index (κ3) is 4.42. The van der Waals surface area contributed by atoms with E-state index in [-0.39, 0.29) is 17.9 Å². The van der Waals surface area contributed by atoms with Gasteiger partial charge >= 0.3 is 0 Å². The molecule has 0 saturated carbocycles. The minimum Gasteiger partial charge on any atom is -0.346 e. The smallest absolute Gasteiger partial charge is 0.251 e. The fourth-order valence-corrected chi connectivity index (χ4v) is 2.61. The van der Waals surface area contributed by atoms with Crippen molar-refractivity contribution < 1.29 is 9.59 Å². The average molecular weight is 310 g/mol. The number of carbonyl (C=O) groups excluding carboxylic acids is 2. The van der Waals surface area contributed by atoms with Crippen LogP contribution in [0.5, 0.6) is 0 Å². The number of carbonyl (C=O) groups is 2. The van der Waals surface area contributed by atoms with Gasteiger partial charge in [-0.05, 0) is 50.1 Å². The molecule has 0 aliphatic rings. The van der Waals surface area contributed by atoms with Gasteiger partial charge in [0.2, 0.25) is 5.91 Å². The molecule has 2 amide bonds. The van der Waals surface area contributed by atoms with Gasteiger partial charge in [0.1, 0.15) is 0 Å². The maximum absolute atomic E-state index is 12.4. The lowest BCUT2D eigenvalue weighted by Gasteiger charge is -2.17. The number of amides is 2. The third-order valence-corrected chi connectivity index (χ3v) is 3.68. The third-order valence-electron chi connectivity index (χ3n) is 3.68. The van der Waals surface area contributed by atoms with Crippen molar-refractivity contribution in [3.63, 3.8) is 0 Å². The molecular formula is C19H22N2O2. The molecule has 0 fully saturated rings. The van der Waals surface area contributed by atoms with Gasteiger partial charge in [-0.3, -0.25) is 9.59 Å². The van der Waals surface area contributed by atoms with Gasteiger partial charge in [0.25, 0.3) is 5.91 Å². The SMILES string of the molecule is CC(=O)Nc1cccc(C(=O)N[C@H](C)c2ccc(C)cc2C)c1. The van der Waals surface area contributed by atoms with E-state index in [1.54, 1.807) is 24.3 Å². The lowest BCUT2D eigenvalue weighted by Crippen LogP contribution is -2.27. The van der Waals surface area contributed by atoms with Gasteiger partial charge in [0.05, 0.1) is 6.04 Å². The van der Waals surface area contributed by atoms with Crippen LogP contribution >= 0.6 is 0 Å². The first-order valence-corrected chi connectivity index (χ1v) is 7.62. The van der Waals surface area contributed by atoms with Crippen LogP contribution in [0.2, 0.25) is 0 Å². The second kappa shape index (κ2) is 7.09. The van der Waals surface area contributed by atoms with Crippen LogP contribution in [-0.4, -0.2) is 11.8 Å². The molecule has 120 valence electrons. The highest BCUT2D eigenvalue weighted by molar-refractivity contribution is 5.97. The summed E-state index contributed by atoms with van der Waals surface area (Å²) < 4.78 is 0. The van der Waals surface area contributed by atoms with Crippen molar-refractivity contribution in [3.05, 3.63) is 64.7 Å². The summed E-state index contributed by atoms with van der Waals surface area (Å²) in [7, 11) is 0. The van der Waals surface area contributed by atoms with Crippen LogP contribution in [0, 0.1) is 13.8 Å². The van der Waals surface area contributed by atoms with Gasteiger partial charge in [0, 0.05) is 18.2 Å². The van der Waals surface area contributed by atoms with Gasteiger partial charge in [-0.1, -0.05) is 29.8 Å². The summed E-state index contributed by atoms with van der Waals surface area (Å²) in [4.78, 5) is 23.5. The molecule has 1 atom stereocenters. The number of benzene rings is 2. The van der Waals surface area contributed by atoms with E-state index in [0.29, 0.717) is 11.3 Å². The maximum Gasteiger partial charge on any atom is 0.251 e. The minimum atomic E-state index is -0.162. The highest BCUT2D eigenvalue weighted by Crippen LogP contribution is 2.19. The van der Waals surface area contributed by atoms with Crippen molar-refractivity contribution in [2.24, 2.45) is 0 Å². The van der Waals surface area contributed by atoms with Crippen LogP contribution in [0.25, 0.3) is 0 Å². The van der Waals surface area contributed by atoms with Crippen molar-refractivity contribution in [2.75, 3.05) is 5.32 Å². The monoisotopic (exact) mass is 310 g/mol. The fraction of sp³-hybridized carbons (Fsp3) is 0.263. The zero-order valence-electron chi connectivity index (χ0n) is 13.9. The molecule has 23 heavy (non-hydrogen) atoms. The Hall–Kier alpha value is -2.62. The predicted octanol–water partition coefficient (Wildman–Crippen LogP) is 3.75. The first kappa shape index (κ1) is 16.7. The predicted molar refractivity (Wildman–Crippen MR) is 92.5 cm³/mol. The zero-order chi connectivity index (χ0) is 17.0. The normalized spacial score (nSPS) is 11.7. The summed E-state index contributed by atoms with van der Waals surface area (Å²) in [6.45, 7) is 7.50. The van der Waals surface area contributed by atoms with Crippen molar-refractivity contribution in [1.29, 1.82) is 0 Å². The second-order valence-corrected chi connectivity index (χ2v) is 5.82. The first-order valence-electron chi connectivity index (χ1n) is 7.62. The molecule has 2 N–H and O–H groups in total. The molecule has 0 heterocycles. The zero-order valence-corrected chi connectivity index (χ0v) is 13.9. The van der Waals surface area contributed by atoms with Crippen LogP contribution in [0.3, 0.4) is 0 Å². The van der Waals surface area contributed by atoms with E-state index in [1.807, 2.05) is 32.9 Å². The van der Waals surface area contributed by atoms with Crippen molar-refractivity contribution >= 4 is 17.5 Å². The van der Waals surface area contributed by atoms with E-state index in [1.165, 1.54) is 12.5 Å². The van der Waals surface area contributed by atoms with Crippen LogP contribution in [0.1, 0.15) is 46.9 Å². The van der Waals surface area contributed by atoms with Crippen molar-refractivity contribution in [3.8, 4) is 0 Å². The summed E-state index contributed by atoms with van der Waals surface area (Å²) in [5, 5.41) is 5.68. The molecule has 0 aliphatic carbocycles. The van der Waals surface area contributed by atoms with Gasteiger partial charge in [-0.15, -0.1) is 0 Å². The molecule has 0 spiro atoms. The minimum absolute atomic E-state index is 0.0903. The van der Waals surface area contributed by atoms with E-state index in [2.05, 4.69) is 16.7 Å². The second-order valence-electron chi connectivity index (χ2n) is 5.82. The fourth-order valence-electron chi connectivity index (χ4n) is 2.61. The van der Waals surface area contributed by atoms with Crippen LogP contribution < -0.4 is 10.6 Å². The van der Waals surface area contributed by atoms with E-state index < -0.39 is 0 Å². The van der Waals surface area contributed by atoms with E-state index in [0.717, 1.165) is 11.1 Å². The molecule has 0 aliphatic heterocycles. The Kier molecular flexibility index (Phi) is 5.16. The van der Waals surface area contributed by atoms with E-state index >= 15 is 0 Å². The van der Waals surface area contributed by atoms with Crippen molar-refractivity contribution in [1.82, 2.24) is 5.32 Å². The van der Waals surface area contributed by atoms with Gasteiger partial charge in [-0.25, -0.2) is 0 Å². The maximum atomic E-state index is 12.4. The van der Waals surface area contributed by atoms with Crippen LogP contribution in [0.4, 0.5) is 5.69 Å². The Bertz CT molecular complexity index is 738. The quantitative estimate of drug-likeness (QED) is 0.903. The number of aryl methyl sites for hydroxylation is 2. The number of nitrogens with one attached hydrogen (secondary N) is 2. The van der Waals surface area contributed by atoms with Gasteiger partial charge in [0.15, 0.2) is 0 Å². The molecule has 0 bridgehead atoms. The van der Waals surface area contributed by atoms with Crippen LogP contribution in [0.15, 0.2) is 42.5 Å². The summed E-state index contributed by atoms with van der Waals surface area (Å²) in [5.74, 6) is -0.323. The molecule has 0 radical (unpaired) electrons. The molecule has 0 saturated heterocycles. The highest BCUT2D eigenvalue weighted by atomic mass is 16.2. The molecule has 2 aromatic rings. The Morgan fingerprint density at radius 1 is 1.04 bits per heavy atom. The Morgan fingerprint density at radius 2 is 1.78 bits per heavy atom. The Morgan fingerprint density at radius 3 is 2.43 bits per heavy atom. The van der Waals surface area contributed by atoms with E-state index in [4.69, 9.17) is 0 Å². The summed E-state index contributed by atoms with van der Waals surface area (Å²) >= 11 is 0. The molecule has 2 rings (SSSR count). The summed E-state index contributed by atoms with van der Waals surface area (Å²) in [5.41, 5.74) is 4.59. The average Bonchev–Trinajstić information content (AvgIpc) is 2.46. The van der Waals surface area contributed by atoms with Crippen LogP contribution in [-0.2, 0) is 4.79 Å². The molecule has 0 unspecified atom stereocenters. The summed E-state index contributed by atoms with van der Waals surface area (Å²) in [6, 6.07) is 13.0. The molecule has 4 heteroatoms. The molecule has 0 aromatic heterocycles. The topological polar surface area (TPSA) is 58.2 Å². The van der Waals surface area contributed by atoms with Crippen molar-refractivity contribution in [2.45, 2.75) is 33.7 Å². The number of rotatable bonds is 4. The molecular weight excluding hydrogens is 288 g/mol. The number of anilines is 1. The lowest BCUT2D eigenvalue weighted by atomic mass is 10.00. The Labute approximate surface area is 136 Å². The largest absolute Gasteiger partial charge is 0.346 e. The van der Waals surface area contributed by atoms with Gasteiger partial charge < -0.3 is 10.6 Å². The standard InChI is InChI=1S/C19H22N2O2/c1-12-8-9-18(13(2)10-12)14(3)20-19(23)16-6-5-7-17(11-16)21-15(4)22/h5-11,14H,1-4H3,(H,20,23)(H,21,22)/t14-/m1/s1.